The van der Waals surface area contributed by atoms with Crippen molar-refractivity contribution in [1.82, 2.24) is 0 Å². The zero-order valence-corrected chi connectivity index (χ0v) is 23.4. The number of methoxy groups -OCH3 is 1. The van der Waals surface area contributed by atoms with Crippen LogP contribution in [0.25, 0.3) is 0 Å². The molecule has 0 bridgehead atoms. The lowest BCUT2D eigenvalue weighted by atomic mass is 9.43. The molecule has 0 radical (unpaired) electrons. The van der Waals surface area contributed by atoms with E-state index in [0.717, 1.165) is 50.5 Å². The number of aliphatic hydroxyl groups is 3. The minimum absolute atomic E-state index is 0.0293. The molecule has 0 spiro atoms. The van der Waals surface area contributed by atoms with Crippen LogP contribution in [0, 0.1) is 34.5 Å². The first-order chi connectivity index (χ1) is 18.4. The lowest BCUT2D eigenvalue weighted by Crippen LogP contribution is -2.62. The van der Waals surface area contributed by atoms with Gasteiger partial charge in [-0.05, 0) is 73.7 Å². The highest BCUT2D eigenvalue weighted by Crippen LogP contribution is 2.70. The molecular formula is C30H42O9. The van der Waals surface area contributed by atoms with E-state index in [9.17, 15) is 24.9 Å². The number of hydrogen-bond donors (Lipinski definition) is 3. The van der Waals surface area contributed by atoms with E-state index in [4.69, 9.17) is 18.9 Å². The Morgan fingerprint density at radius 1 is 1.15 bits per heavy atom. The molecule has 0 aromatic heterocycles. The van der Waals surface area contributed by atoms with Crippen LogP contribution in [-0.2, 0) is 28.5 Å². The fourth-order valence-electron chi connectivity index (χ4n) is 9.81. The zero-order chi connectivity index (χ0) is 27.9. The van der Waals surface area contributed by atoms with Crippen molar-refractivity contribution >= 4 is 11.9 Å². The summed E-state index contributed by atoms with van der Waals surface area (Å²) in [4.78, 5) is 24.1. The van der Waals surface area contributed by atoms with Gasteiger partial charge in [-0.2, -0.15) is 0 Å². The quantitative estimate of drug-likeness (QED) is 0.340. The molecule has 0 aromatic carbocycles. The molecule has 6 unspecified atom stereocenters. The number of aliphatic hydroxyl groups excluding tert-OH is 2. The van der Waals surface area contributed by atoms with Crippen molar-refractivity contribution in [3.63, 3.8) is 0 Å². The van der Waals surface area contributed by atoms with E-state index >= 15 is 0 Å². The van der Waals surface area contributed by atoms with Crippen LogP contribution in [0.3, 0.4) is 0 Å². The van der Waals surface area contributed by atoms with Gasteiger partial charge in [0.25, 0.3) is 0 Å². The summed E-state index contributed by atoms with van der Waals surface area (Å²) in [5.74, 6) is 0.192. The second-order valence-corrected chi connectivity index (χ2v) is 13.3. The third kappa shape index (κ3) is 4.02. The first kappa shape index (κ1) is 27.2. The molecule has 39 heavy (non-hydrogen) atoms. The molecule has 216 valence electrons. The maximum absolute atomic E-state index is 12.6. The summed E-state index contributed by atoms with van der Waals surface area (Å²) in [5.41, 5.74) is -0.269. The van der Waals surface area contributed by atoms with E-state index in [-0.39, 0.29) is 41.9 Å². The predicted octanol–water partition coefficient (Wildman–Crippen LogP) is 2.76. The van der Waals surface area contributed by atoms with Gasteiger partial charge in [0.2, 0.25) is 0 Å². The van der Waals surface area contributed by atoms with Crippen molar-refractivity contribution in [2.24, 2.45) is 34.5 Å². The molecule has 1 heterocycles. The largest absolute Gasteiger partial charge is 0.498 e. The summed E-state index contributed by atoms with van der Waals surface area (Å²) in [6.45, 7) is 6.08. The topological polar surface area (TPSA) is 132 Å². The van der Waals surface area contributed by atoms with Gasteiger partial charge < -0.3 is 34.3 Å². The van der Waals surface area contributed by atoms with E-state index in [2.05, 4.69) is 13.8 Å². The first-order valence-electron chi connectivity index (χ1n) is 14.5. The van der Waals surface area contributed by atoms with Crippen molar-refractivity contribution in [3.8, 4) is 0 Å². The average Bonchev–Trinajstić information content (AvgIpc) is 3.23. The number of ether oxygens (including phenoxy) is 4. The minimum atomic E-state index is -1.15. The van der Waals surface area contributed by atoms with Gasteiger partial charge in [0.15, 0.2) is 6.29 Å². The monoisotopic (exact) mass is 546 g/mol. The Hall–Kier alpha value is -1.94. The van der Waals surface area contributed by atoms with Crippen molar-refractivity contribution in [2.45, 2.75) is 102 Å². The second-order valence-electron chi connectivity index (χ2n) is 13.3. The summed E-state index contributed by atoms with van der Waals surface area (Å²) < 4.78 is 22.2. The zero-order valence-electron chi connectivity index (χ0n) is 23.4. The molecule has 11 atom stereocenters. The number of cyclic esters (lactones) is 1. The first-order valence-corrected chi connectivity index (χ1v) is 14.5. The molecule has 0 saturated heterocycles. The van der Waals surface area contributed by atoms with Gasteiger partial charge in [0.1, 0.15) is 24.6 Å². The van der Waals surface area contributed by atoms with Gasteiger partial charge in [0.05, 0.1) is 24.4 Å². The van der Waals surface area contributed by atoms with Gasteiger partial charge in [-0.3, -0.25) is 4.79 Å². The molecule has 0 amide bonds. The molecule has 9 heteroatoms. The van der Waals surface area contributed by atoms with Crippen molar-refractivity contribution in [2.75, 3.05) is 13.7 Å². The standard InChI is InChI=1S/C30H42O9/c1-15(31)38-21-13-30(35)20-6-5-17-12-18(39-27(34)23-25(33)26(23)36-4)7-9-28(17,2)19(20)8-10-29(30,3)24(21)16-11-22(32)37-14-16/h11,17-21,24-25,27,33-35H,5-10,12-14H2,1-4H3/t17-,18+,19?,20?,21+,24+,25?,27?,28?,29?,30+/m1/s1. The Labute approximate surface area is 229 Å². The minimum Gasteiger partial charge on any atom is -0.498 e. The molecule has 5 aliphatic carbocycles. The Morgan fingerprint density at radius 3 is 2.56 bits per heavy atom. The highest BCUT2D eigenvalue weighted by Gasteiger charge is 2.71. The number of carbonyl (C=O) groups excluding carboxylic acids is 2. The molecule has 6 rings (SSSR count). The normalized spacial score (nSPS) is 47.4. The summed E-state index contributed by atoms with van der Waals surface area (Å²) in [6.07, 6.45) is 5.48. The average molecular weight is 547 g/mol. The molecule has 1 aliphatic heterocycles. The Bertz CT molecular complexity index is 1110. The number of esters is 2. The summed E-state index contributed by atoms with van der Waals surface area (Å²) >= 11 is 0. The molecule has 4 fully saturated rings. The lowest BCUT2D eigenvalue weighted by molar-refractivity contribution is -0.216. The molecule has 4 saturated carbocycles. The van der Waals surface area contributed by atoms with Crippen LogP contribution in [0.15, 0.2) is 23.0 Å². The smallest absolute Gasteiger partial charge is 0.331 e. The van der Waals surface area contributed by atoms with E-state index in [1.807, 2.05) is 0 Å². The van der Waals surface area contributed by atoms with Crippen LogP contribution in [0.2, 0.25) is 0 Å². The lowest BCUT2D eigenvalue weighted by Gasteiger charge is -2.63. The van der Waals surface area contributed by atoms with Crippen LogP contribution < -0.4 is 0 Å². The van der Waals surface area contributed by atoms with E-state index < -0.39 is 29.5 Å². The van der Waals surface area contributed by atoms with Crippen LogP contribution >= 0.6 is 0 Å². The summed E-state index contributed by atoms with van der Waals surface area (Å²) in [5, 5.41) is 33.1. The van der Waals surface area contributed by atoms with Crippen LogP contribution in [0.1, 0.15) is 72.1 Å². The highest BCUT2D eigenvalue weighted by atomic mass is 16.6. The molecule has 3 N–H and O–H groups in total. The Kier molecular flexibility index (Phi) is 6.49. The Balaban J connectivity index is 1.22. The maximum Gasteiger partial charge on any atom is 0.331 e. The van der Waals surface area contributed by atoms with Crippen LogP contribution in [-0.4, -0.2) is 71.2 Å². The molecule has 9 nitrogen and oxygen atoms in total. The van der Waals surface area contributed by atoms with Gasteiger partial charge in [-0.15, -0.1) is 0 Å². The highest BCUT2D eigenvalue weighted by molar-refractivity contribution is 5.85. The van der Waals surface area contributed by atoms with Gasteiger partial charge in [-0.1, -0.05) is 13.8 Å². The fraction of sp³-hybridized carbons (Fsp3) is 0.800. The predicted molar refractivity (Wildman–Crippen MR) is 138 cm³/mol. The number of rotatable bonds is 6. The van der Waals surface area contributed by atoms with Crippen molar-refractivity contribution in [1.29, 1.82) is 0 Å². The second kappa shape index (κ2) is 9.29. The third-order valence-corrected chi connectivity index (χ3v) is 11.7. The molecule has 0 aromatic rings. The molecule has 6 aliphatic rings. The van der Waals surface area contributed by atoms with Gasteiger partial charge in [-0.25, -0.2) is 4.79 Å². The molecular weight excluding hydrogens is 504 g/mol. The van der Waals surface area contributed by atoms with Crippen LogP contribution in [0.4, 0.5) is 0 Å². The van der Waals surface area contributed by atoms with Gasteiger partial charge >= 0.3 is 11.9 Å². The number of carbonyl (C=O) groups is 2. The van der Waals surface area contributed by atoms with E-state index in [1.165, 1.54) is 20.1 Å². The number of fused-ring (bicyclic) bond motifs is 5. The Morgan fingerprint density at radius 2 is 1.92 bits per heavy atom. The SMILES string of the molecule is COC1=C(C(O)O[C@H]2CCC3(C)C4CCC5(C)[C@@H](C6=CC(=O)OC6)[C@@H](OC(C)=O)C[C@]5(O)C4CC[C@@H]3C2)C1O. The van der Waals surface area contributed by atoms with E-state index in [0.29, 0.717) is 29.6 Å². The van der Waals surface area contributed by atoms with Crippen LogP contribution in [0.5, 0.6) is 0 Å². The van der Waals surface area contributed by atoms with Crippen molar-refractivity contribution in [3.05, 3.63) is 23.0 Å². The maximum atomic E-state index is 12.6. The van der Waals surface area contributed by atoms with Crippen molar-refractivity contribution < 1.29 is 43.9 Å². The third-order valence-electron chi connectivity index (χ3n) is 11.7. The van der Waals surface area contributed by atoms with E-state index in [1.54, 1.807) is 0 Å². The number of hydrogen-bond acceptors (Lipinski definition) is 9. The van der Waals surface area contributed by atoms with Gasteiger partial charge in [0, 0.05) is 30.8 Å². The summed E-state index contributed by atoms with van der Waals surface area (Å²) in [7, 11) is 1.48. The summed E-state index contributed by atoms with van der Waals surface area (Å²) in [6, 6.07) is 0. The fourth-order valence-corrected chi connectivity index (χ4v) is 9.81.